The molecule has 2 heterocycles. The number of hydrogen-bond acceptors (Lipinski definition) is 4. The third-order valence-corrected chi connectivity index (χ3v) is 9.65. The van der Waals surface area contributed by atoms with Gasteiger partial charge in [-0.3, -0.25) is 0 Å². The minimum atomic E-state index is 0.197. The molecule has 0 spiro atoms. The Kier molecular flexibility index (Phi) is 7.37. The molecule has 5 unspecified atom stereocenters. The number of benzene rings is 2. The molecule has 2 aromatic carbocycles. The van der Waals surface area contributed by atoms with Gasteiger partial charge in [-0.05, 0) is 97.9 Å². The van der Waals surface area contributed by atoms with Crippen molar-refractivity contribution < 1.29 is 0 Å². The first-order chi connectivity index (χ1) is 20.0. The summed E-state index contributed by atoms with van der Waals surface area (Å²) in [5.41, 5.74) is 9.09. The molecule has 2 fully saturated rings. The Morgan fingerprint density at radius 3 is 1.64 bits per heavy atom. The van der Waals surface area contributed by atoms with Crippen molar-refractivity contribution in [3.8, 4) is 34.4 Å². The highest BCUT2D eigenvalue weighted by atomic mass is 15.1. The molecule has 0 radical (unpaired) electrons. The third-order valence-electron chi connectivity index (χ3n) is 9.65. The summed E-state index contributed by atoms with van der Waals surface area (Å²) in [4.78, 5) is 16.4. The zero-order chi connectivity index (χ0) is 29.8. The number of aryl methyl sites for hydroxylation is 2. The van der Waals surface area contributed by atoms with Gasteiger partial charge in [0, 0.05) is 23.2 Å². The van der Waals surface area contributed by atoms with Crippen LogP contribution in [0.25, 0.3) is 22.5 Å². The van der Waals surface area contributed by atoms with Crippen molar-refractivity contribution in [1.82, 2.24) is 30.6 Å². The standard InChI is InChI=1S/C36H44N6/c1-20-15-28(30-18-37-34(41-30)24(5)39-32-17-36(32,7)8)13-11-26(20)9-10-27-12-14-29(16-21(27)2)31-19-38-35(42-31)25(6)40-33-22(3)23(33)4/h11-16,18-19,22-25,32-33,39-40H,17H2,1-8H3,(H,37,41)(H,38,42). The minimum absolute atomic E-state index is 0.197. The average molecular weight is 561 g/mol. The lowest BCUT2D eigenvalue weighted by atomic mass is 10.0. The molecule has 4 N–H and O–H groups in total. The van der Waals surface area contributed by atoms with Gasteiger partial charge in [-0.25, -0.2) is 9.97 Å². The van der Waals surface area contributed by atoms with Crippen LogP contribution in [0.3, 0.4) is 0 Å². The van der Waals surface area contributed by atoms with Crippen molar-refractivity contribution in [2.45, 2.75) is 86.0 Å². The molecule has 2 aliphatic rings. The summed E-state index contributed by atoms with van der Waals surface area (Å²) < 4.78 is 0. The predicted octanol–water partition coefficient (Wildman–Crippen LogP) is 7.24. The Morgan fingerprint density at radius 1 is 0.786 bits per heavy atom. The molecule has 2 saturated carbocycles. The molecule has 0 amide bonds. The van der Waals surface area contributed by atoms with Gasteiger partial charge in [0.1, 0.15) is 11.6 Å². The van der Waals surface area contributed by atoms with Gasteiger partial charge in [0.15, 0.2) is 0 Å². The molecular weight excluding hydrogens is 516 g/mol. The Hall–Kier alpha value is -3.66. The van der Waals surface area contributed by atoms with Gasteiger partial charge in [0.05, 0.1) is 35.9 Å². The van der Waals surface area contributed by atoms with Crippen molar-refractivity contribution in [3.63, 3.8) is 0 Å². The van der Waals surface area contributed by atoms with E-state index < -0.39 is 0 Å². The van der Waals surface area contributed by atoms with E-state index in [4.69, 9.17) is 0 Å². The number of H-pyrrole nitrogens is 2. The van der Waals surface area contributed by atoms with Crippen molar-refractivity contribution in [1.29, 1.82) is 0 Å². The highest BCUT2D eigenvalue weighted by Crippen LogP contribution is 2.45. The molecule has 6 nitrogen and oxygen atoms in total. The topological polar surface area (TPSA) is 81.4 Å². The molecule has 0 saturated heterocycles. The Labute approximate surface area is 250 Å². The van der Waals surface area contributed by atoms with Crippen LogP contribution in [0.5, 0.6) is 0 Å². The summed E-state index contributed by atoms with van der Waals surface area (Å²) in [5, 5.41) is 7.39. The maximum atomic E-state index is 4.66. The van der Waals surface area contributed by atoms with Crippen molar-refractivity contribution in [2.75, 3.05) is 0 Å². The zero-order valence-corrected chi connectivity index (χ0v) is 26.2. The van der Waals surface area contributed by atoms with Gasteiger partial charge in [0.2, 0.25) is 0 Å². The van der Waals surface area contributed by atoms with Crippen LogP contribution in [0, 0.1) is 42.9 Å². The molecule has 4 aromatic rings. The minimum Gasteiger partial charge on any atom is -0.341 e. The van der Waals surface area contributed by atoms with Crippen LogP contribution in [0.2, 0.25) is 0 Å². The van der Waals surface area contributed by atoms with Gasteiger partial charge >= 0.3 is 0 Å². The first-order valence-electron chi connectivity index (χ1n) is 15.4. The lowest BCUT2D eigenvalue weighted by molar-refractivity contribution is 0.480. The van der Waals surface area contributed by atoms with E-state index in [1.54, 1.807) is 0 Å². The SMILES string of the molecule is Cc1cc(-c2cnc(C(C)NC3C(C)C3C)[nH]2)ccc1C#Cc1ccc(-c2cnc(C(C)NC3CC3(C)C)[nH]2)cc1C. The van der Waals surface area contributed by atoms with Gasteiger partial charge in [-0.2, -0.15) is 0 Å². The molecule has 2 aromatic heterocycles. The Bertz CT molecular complexity index is 1550. The molecule has 2 aliphatic carbocycles. The smallest absolute Gasteiger partial charge is 0.123 e. The van der Waals surface area contributed by atoms with Crippen LogP contribution in [-0.2, 0) is 0 Å². The van der Waals surface area contributed by atoms with Crippen LogP contribution in [0.4, 0.5) is 0 Å². The fourth-order valence-electron chi connectivity index (χ4n) is 5.95. The summed E-state index contributed by atoms with van der Waals surface area (Å²) in [6, 6.07) is 14.4. The number of aromatic amines is 2. The van der Waals surface area contributed by atoms with E-state index in [9.17, 15) is 0 Å². The van der Waals surface area contributed by atoms with Gasteiger partial charge in [0.25, 0.3) is 0 Å². The number of hydrogen-bond donors (Lipinski definition) is 4. The van der Waals surface area contributed by atoms with E-state index >= 15 is 0 Å². The van der Waals surface area contributed by atoms with E-state index in [-0.39, 0.29) is 12.1 Å². The van der Waals surface area contributed by atoms with Gasteiger partial charge in [-0.15, -0.1) is 0 Å². The fourth-order valence-corrected chi connectivity index (χ4v) is 5.95. The molecule has 6 heteroatoms. The molecule has 218 valence electrons. The van der Waals surface area contributed by atoms with Gasteiger partial charge < -0.3 is 20.6 Å². The summed E-state index contributed by atoms with van der Waals surface area (Å²) in [6.45, 7) is 17.8. The van der Waals surface area contributed by atoms with E-state index in [1.165, 1.54) is 6.42 Å². The van der Waals surface area contributed by atoms with Crippen LogP contribution in [0.15, 0.2) is 48.8 Å². The molecule has 6 rings (SSSR count). The number of imidazole rings is 2. The maximum absolute atomic E-state index is 4.66. The van der Waals surface area contributed by atoms with Crippen LogP contribution < -0.4 is 10.6 Å². The Morgan fingerprint density at radius 2 is 1.24 bits per heavy atom. The second-order valence-electron chi connectivity index (χ2n) is 13.4. The third kappa shape index (κ3) is 5.82. The fraction of sp³-hybridized carbons (Fsp3) is 0.444. The quantitative estimate of drug-likeness (QED) is 0.171. The summed E-state index contributed by atoms with van der Waals surface area (Å²) >= 11 is 0. The van der Waals surface area contributed by atoms with Gasteiger partial charge in [-0.1, -0.05) is 51.7 Å². The van der Waals surface area contributed by atoms with E-state index in [2.05, 4.69) is 134 Å². The second-order valence-corrected chi connectivity index (χ2v) is 13.4. The first-order valence-corrected chi connectivity index (χ1v) is 15.4. The molecule has 5 atom stereocenters. The zero-order valence-electron chi connectivity index (χ0n) is 26.2. The summed E-state index contributed by atoms with van der Waals surface area (Å²) in [7, 11) is 0. The number of nitrogens with one attached hydrogen (secondary N) is 4. The van der Waals surface area contributed by atoms with Crippen molar-refractivity contribution in [3.05, 3.63) is 82.7 Å². The second kappa shape index (κ2) is 10.9. The first kappa shape index (κ1) is 28.5. The van der Waals surface area contributed by atoms with E-state index in [1.807, 2.05) is 12.4 Å². The monoisotopic (exact) mass is 560 g/mol. The number of nitrogens with zero attached hydrogens (tertiary/aromatic N) is 2. The highest BCUT2D eigenvalue weighted by molar-refractivity contribution is 5.64. The summed E-state index contributed by atoms with van der Waals surface area (Å²) in [5.74, 6) is 10.2. The largest absolute Gasteiger partial charge is 0.341 e. The number of aromatic nitrogens is 4. The maximum Gasteiger partial charge on any atom is 0.123 e. The van der Waals surface area contributed by atoms with Crippen LogP contribution in [-0.4, -0.2) is 32.0 Å². The lowest BCUT2D eigenvalue weighted by Crippen LogP contribution is -2.25. The molecule has 0 aliphatic heterocycles. The van der Waals surface area contributed by atoms with Crippen LogP contribution >= 0.6 is 0 Å². The molecular formula is C36H44N6. The molecule has 42 heavy (non-hydrogen) atoms. The van der Waals surface area contributed by atoms with Crippen molar-refractivity contribution >= 4 is 0 Å². The predicted molar refractivity (Wildman–Crippen MR) is 171 cm³/mol. The number of rotatable bonds is 8. The normalized spacial score (nSPS) is 23.6. The Balaban J connectivity index is 1.11. The molecule has 0 bridgehead atoms. The van der Waals surface area contributed by atoms with E-state index in [0.29, 0.717) is 17.5 Å². The summed E-state index contributed by atoms with van der Waals surface area (Å²) in [6.07, 6.45) is 5.09. The highest BCUT2D eigenvalue weighted by Gasteiger charge is 2.46. The average Bonchev–Trinajstić information content (AvgIpc) is 3.50. The van der Waals surface area contributed by atoms with E-state index in [0.717, 1.165) is 68.3 Å². The van der Waals surface area contributed by atoms with Crippen LogP contribution in [0.1, 0.15) is 93.9 Å². The van der Waals surface area contributed by atoms with Crippen molar-refractivity contribution in [2.24, 2.45) is 17.3 Å². The lowest BCUT2D eigenvalue weighted by Gasteiger charge is -2.12.